The van der Waals surface area contributed by atoms with Gasteiger partial charge >= 0.3 is 0 Å². The van der Waals surface area contributed by atoms with Gasteiger partial charge in [0.25, 0.3) is 0 Å². The van der Waals surface area contributed by atoms with E-state index in [1.807, 2.05) is 20.2 Å². The van der Waals surface area contributed by atoms with Crippen LogP contribution in [-0.2, 0) is 7.05 Å². The van der Waals surface area contributed by atoms with Crippen molar-refractivity contribution >= 4 is 23.4 Å². The van der Waals surface area contributed by atoms with E-state index in [9.17, 15) is 4.39 Å². The first-order valence-corrected chi connectivity index (χ1v) is 5.89. The van der Waals surface area contributed by atoms with E-state index in [1.165, 1.54) is 17.8 Å². The molecular formula is C11H10ClFN2S. The molecule has 0 aliphatic carbocycles. The molecule has 0 amide bonds. The maximum atomic E-state index is 13.0. The fraction of sp³-hybridized carbons (Fsp3) is 0.182. The molecule has 2 nitrogen and oxygen atoms in total. The smallest absolute Gasteiger partial charge is 0.141 e. The van der Waals surface area contributed by atoms with Crippen LogP contribution in [0.1, 0.15) is 5.69 Å². The van der Waals surface area contributed by atoms with Gasteiger partial charge in [-0.2, -0.15) is 5.10 Å². The monoisotopic (exact) mass is 256 g/mol. The van der Waals surface area contributed by atoms with E-state index in [0.717, 1.165) is 15.5 Å². The zero-order valence-electron chi connectivity index (χ0n) is 8.87. The quantitative estimate of drug-likeness (QED) is 0.816. The predicted octanol–water partition coefficient (Wildman–Crippen LogP) is 3.67. The van der Waals surface area contributed by atoms with E-state index in [1.54, 1.807) is 16.8 Å². The fourth-order valence-electron chi connectivity index (χ4n) is 1.35. The van der Waals surface area contributed by atoms with Crippen LogP contribution in [0.25, 0.3) is 0 Å². The summed E-state index contributed by atoms with van der Waals surface area (Å²) < 4.78 is 14.7. The highest BCUT2D eigenvalue weighted by molar-refractivity contribution is 7.99. The lowest BCUT2D eigenvalue weighted by atomic mass is 10.3. The number of halogens is 2. The summed E-state index contributed by atoms with van der Waals surface area (Å²) in [5.74, 6) is -0.395. The van der Waals surface area contributed by atoms with Crippen LogP contribution in [0.5, 0.6) is 0 Å². The molecule has 0 bridgehead atoms. The summed E-state index contributed by atoms with van der Waals surface area (Å²) in [5.41, 5.74) is 0.952. The minimum Gasteiger partial charge on any atom is -0.274 e. The summed E-state index contributed by atoms with van der Waals surface area (Å²) >= 11 is 7.24. The molecule has 16 heavy (non-hydrogen) atoms. The van der Waals surface area contributed by atoms with Gasteiger partial charge in [-0.25, -0.2) is 4.39 Å². The van der Waals surface area contributed by atoms with Crippen molar-refractivity contribution in [1.29, 1.82) is 0 Å². The first-order chi connectivity index (χ1) is 7.56. The van der Waals surface area contributed by atoms with Gasteiger partial charge in [-0.3, -0.25) is 4.68 Å². The normalized spacial score (nSPS) is 10.8. The molecule has 84 valence electrons. The number of nitrogens with zero attached hydrogens (tertiary/aromatic N) is 2. The molecule has 0 radical (unpaired) electrons. The van der Waals surface area contributed by atoms with Crippen molar-refractivity contribution in [1.82, 2.24) is 9.78 Å². The lowest BCUT2D eigenvalue weighted by Gasteiger charge is -2.00. The van der Waals surface area contributed by atoms with Gasteiger partial charge in [0.2, 0.25) is 0 Å². The van der Waals surface area contributed by atoms with Crippen molar-refractivity contribution in [3.05, 3.63) is 40.9 Å². The molecule has 1 heterocycles. The highest BCUT2D eigenvalue weighted by Crippen LogP contribution is 2.31. The topological polar surface area (TPSA) is 17.8 Å². The fourth-order valence-corrected chi connectivity index (χ4v) is 2.55. The molecule has 5 heteroatoms. The summed E-state index contributed by atoms with van der Waals surface area (Å²) in [5, 5.41) is 4.38. The Balaban J connectivity index is 2.27. The number of rotatable bonds is 2. The maximum Gasteiger partial charge on any atom is 0.141 e. The van der Waals surface area contributed by atoms with E-state index in [-0.39, 0.29) is 5.02 Å². The van der Waals surface area contributed by atoms with Crippen LogP contribution in [0, 0.1) is 12.7 Å². The zero-order chi connectivity index (χ0) is 11.7. The van der Waals surface area contributed by atoms with Crippen LogP contribution >= 0.6 is 23.4 Å². The van der Waals surface area contributed by atoms with Crippen molar-refractivity contribution in [2.45, 2.75) is 16.7 Å². The van der Waals surface area contributed by atoms with Crippen molar-refractivity contribution in [3.63, 3.8) is 0 Å². The molecule has 0 saturated heterocycles. The number of benzene rings is 1. The minimum atomic E-state index is -0.395. The average Bonchev–Trinajstić information content (AvgIpc) is 2.51. The molecule has 0 aliphatic rings. The van der Waals surface area contributed by atoms with Gasteiger partial charge in [-0.1, -0.05) is 23.4 Å². The maximum absolute atomic E-state index is 13.0. The van der Waals surface area contributed by atoms with Crippen molar-refractivity contribution < 1.29 is 4.39 Å². The molecule has 0 N–H and O–H groups in total. The lowest BCUT2D eigenvalue weighted by Crippen LogP contribution is -1.86. The Morgan fingerprint density at radius 3 is 2.75 bits per heavy atom. The van der Waals surface area contributed by atoms with Crippen LogP contribution in [0.15, 0.2) is 34.2 Å². The molecular weight excluding hydrogens is 247 g/mol. The highest BCUT2D eigenvalue weighted by atomic mass is 35.5. The second-order valence-corrected chi connectivity index (χ2v) is 4.95. The number of aromatic nitrogens is 2. The Hall–Kier alpha value is -1.00. The second kappa shape index (κ2) is 4.47. The van der Waals surface area contributed by atoms with Crippen molar-refractivity contribution in [3.8, 4) is 0 Å². The summed E-state index contributed by atoms with van der Waals surface area (Å²) in [7, 11) is 1.87. The Morgan fingerprint density at radius 1 is 1.44 bits per heavy atom. The average molecular weight is 257 g/mol. The summed E-state index contributed by atoms with van der Waals surface area (Å²) in [6.07, 6.45) is 1.93. The first kappa shape index (κ1) is 11.5. The minimum absolute atomic E-state index is 0.145. The molecule has 0 saturated carbocycles. The largest absolute Gasteiger partial charge is 0.274 e. The van der Waals surface area contributed by atoms with Gasteiger partial charge in [-0.15, -0.1) is 0 Å². The third-order valence-corrected chi connectivity index (χ3v) is 3.49. The molecule has 0 fully saturated rings. The molecule has 0 spiro atoms. The predicted molar refractivity (Wildman–Crippen MR) is 63.5 cm³/mol. The Morgan fingerprint density at radius 2 is 2.19 bits per heavy atom. The van der Waals surface area contributed by atoms with E-state index in [4.69, 9.17) is 11.6 Å². The molecule has 0 aliphatic heterocycles. The lowest BCUT2D eigenvalue weighted by molar-refractivity contribution is 0.627. The SMILES string of the molecule is Cc1nn(C)cc1Sc1ccc(F)c(Cl)c1. The first-order valence-electron chi connectivity index (χ1n) is 4.69. The Kier molecular flexibility index (Phi) is 3.21. The summed E-state index contributed by atoms with van der Waals surface area (Å²) in [6.45, 7) is 1.94. The number of hydrogen-bond acceptors (Lipinski definition) is 2. The number of aryl methyl sites for hydroxylation is 2. The van der Waals surface area contributed by atoms with Crippen LogP contribution in [0.4, 0.5) is 4.39 Å². The van der Waals surface area contributed by atoms with E-state index in [2.05, 4.69) is 5.10 Å². The second-order valence-electron chi connectivity index (χ2n) is 3.43. The van der Waals surface area contributed by atoms with Gasteiger partial charge in [0, 0.05) is 18.1 Å². The van der Waals surface area contributed by atoms with Gasteiger partial charge in [0.15, 0.2) is 0 Å². The van der Waals surface area contributed by atoms with Crippen LogP contribution in [0.2, 0.25) is 5.02 Å². The van der Waals surface area contributed by atoms with Crippen molar-refractivity contribution in [2.24, 2.45) is 7.05 Å². The van der Waals surface area contributed by atoms with Gasteiger partial charge in [0.05, 0.1) is 15.6 Å². The molecule has 1 aromatic carbocycles. The zero-order valence-corrected chi connectivity index (χ0v) is 10.4. The molecule has 0 unspecified atom stereocenters. The number of hydrogen-bond donors (Lipinski definition) is 0. The van der Waals surface area contributed by atoms with E-state index in [0.29, 0.717) is 0 Å². The van der Waals surface area contributed by atoms with Crippen LogP contribution < -0.4 is 0 Å². The van der Waals surface area contributed by atoms with Gasteiger partial charge < -0.3 is 0 Å². The molecule has 2 aromatic rings. The highest BCUT2D eigenvalue weighted by Gasteiger charge is 2.07. The summed E-state index contributed by atoms with van der Waals surface area (Å²) in [6, 6.07) is 4.70. The van der Waals surface area contributed by atoms with Gasteiger partial charge in [0.1, 0.15) is 5.82 Å². The third-order valence-electron chi connectivity index (χ3n) is 2.09. The standard InChI is InChI=1S/C11H10ClFN2S/c1-7-11(6-15(2)14-7)16-8-3-4-10(13)9(12)5-8/h3-6H,1-2H3. The molecule has 1 aromatic heterocycles. The van der Waals surface area contributed by atoms with Gasteiger partial charge in [-0.05, 0) is 25.1 Å². The Bertz CT molecular complexity index is 525. The third kappa shape index (κ3) is 2.39. The molecule has 2 rings (SSSR count). The molecule has 0 atom stereocenters. The van der Waals surface area contributed by atoms with E-state index < -0.39 is 5.82 Å². The van der Waals surface area contributed by atoms with E-state index >= 15 is 0 Å². The van der Waals surface area contributed by atoms with Crippen LogP contribution in [0.3, 0.4) is 0 Å². The van der Waals surface area contributed by atoms with Crippen molar-refractivity contribution in [2.75, 3.05) is 0 Å². The van der Waals surface area contributed by atoms with Crippen LogP contribution in [-0.4, -0.2) is 9.78 Å². The summed E-state index contributed by atoms with van der Waals surface area (Å²) in [4.78, 5) is 1.95. The Labute approximate surface area is 102 Å².